The molecule has 0 aliphatic rings. The molecule has 4 aromatic rings. The first-order valence-corrected chi connectivity index (χ1v) is 12.7. The number of anilines is 1. The molecule has 0 saturated heterocycles. The molecule has 7 heteroatoms. The van der Waals surface area contributed by atoms with E-state index in [1.54, 1.807) is 11.3 Å². The SMILES string of the molecule is CCc1cccc(CC)c1NC(=O)Cn1cnc2sc(CC)c(-c3ccc(Br)cc3)c2c1=O. The van der Waals surface area contributed by atoms with Crippen LogP contribution in [-0.2, 0) is 30.6 Å². The number of aryl methyl sites for hydroxylation is 3. The second-order valence-corrected chi connectivity index (χ2v) is 9.82. The number of carbonyl (C=O) groups is 1. The average molecular weight is 524 g/mol. The lowest BCUT2D eigenvalue weighted by Crippen LogP contribution is -2.28. The molecule has 1 amide bonds. The summed E-state index contributed by atoms with van der Waals surface area (Å²) in [6, 6.07) is 14.0. The minimum Gasteiger partial charge on any atom is -0.324 e. The minimum absolute atomic E-state index is 0.0833. The highest BCUT2D eigenvalue weighted by Crippen LogP contribution is 2.36. The molecule has 4 rings (SSSR count). The first-order chi connectivity index (χ1) is 16.0. The summed E-state index contributed by atoms with van der Waals surface area (Å²) in [5, 5.41) is 3.63. The third kappa shape index (κ3) is 4.66. The first-order valence-electron chi connectivity index (χ1n) is 11.1. The fraction of sp³-hybridized carbons (Fsp3) is 0.269. The van der Waals surface area contributed by atoms with Crippen molar-refractivity contribution in [1.82, 2.24) is 9.55 Å². The highest BCUT2D eigenvalue weighted by atomic mass is 79.9. The maximum Gasteiger partial charge on any atom is 0.263 e. The number of nitrogens with one attached hydrogen (secondary N) is 1. The van der Waals surface area contributed by atoms with Crippen LogP contribution in [0, 0.1) is 0 Å². The molecule has 2 aromatic heterocycles. The molecule has 0 fully saturated rings. The van der Waals surface area contributed by atoms with E-state index in [-0.39, 0.29) is 18.0 Å². The Labute approximate surface area is 205 Å². The van der Waals surface area contributed by atoms with E-state index in [1.165, 1.54) is 10.9 Å². The van der Waals surface area contributed by atoms with Gasteiger partial charge in [-0.25, -0.2) is 4.98 Å². The summed E-state index contributed by atoms with van der Waals surface area (Å²) in [4.78, 5) is 32.8. The predicted octanol–water partition coefficient (Wildman–Crippen LogP) is 6.21. The number of carbonyl (C=O) groups excluding carboxylic acids is 1. The molecular formula is C26H26BrN3O2S. The van der Waals surface area contributed by atoms with Gasteiger partial charge in [0.15, 0.2) is 0 Å². The Balaban J connectivity index is 1.72. The fourth-order valence-corrected chi connectivity index (χ4v) is 5.45. The van der Waals surface area contributed by atoms with Crippen molar-refractivity contribution in [2.75, 3.05) is 5.32 Å². The normalized spacial score (nSPS) is 11.2. The van der Waals surface area contributed by atoms with Crippen LogP contribution in [0.25, 0.3) is 21.3 Å². The van der Waals surface area contributed by atoms with Crippen LogP contribution in [0.3, 0.4) is 0 Å². The van der Waals surface area contributed by atoms with E-state index < -0.39 is 0 Å². The van der Waals surface area contributed by atoms with Gasteiger partial charge in [-0.3, -0.25) is 14.2 Å². The van der Waals surface area contributed by atoms with Gasteiger partial charge in [0.1, 0.15) is 11.4 Å². The van der Waals surface area contributed by atoms with E-state index in [2.05, 4.69) is 47.0 Å². The van der Waals surface area contributed by atoms with Crippen LogP contribution in [0.4, 0.5) is 5.69 Å². The lowest BCUT2D eigenvalue weighted by molar-refractivity contribution is -0.116. The van der Waals surface area contributed by atoms with Crippen LogP contribution >= 0.6 is 27.3 Å². The number of benzene rings is 2. The van der Waals surface area contributed by atoms with E-state index in [9.17, 15) is 9.59 Å². The number of aromatic nitrogens is 2. The van der Waals surface area contributed by atoms with Crippen LogP contribution in [-0.4, -0.2) is 15.5 Å². The summed E-state index contributed by atoms with van der Waals surface area (Å²) >= 11 is 5.02. The quantitative estimate of drug-likeness (QED) is 0.313. The third-order valence-electron chi connectivity index (χ3n) is 5.78. The molecular weight excluding hydrogens is 498 g/mol. The molecule has 5 nitrogen and oxygen atoms in total. The monoisotopic (exact) mass is 523 g/mol. The number of halogens is 1. The largest absolute Gasteiger partial charge is 0.324 e. The highest BCUT2D eigenvalue weighted by Gasteiger charge is 2.19. The molecule has 0 bridgehead atoms. The van der Waals surface area contributed by atoms with Gasteiger partial charge in [-0.1, -0.05) is 67.0 Å². The van der Waals surface area contributed by atoms with Crippen LogP contribution in [0.1, 0.15) is 36.8 Å². The number of hydrogen-bond acceptors (Lipinski definition) is 4. The fourth-order valence-electron chi connectivity index (χ4n) is 4.09. The Morgan fingerprint density at radius 2 is 1.70 bits per heavy atom. The smallest absolute Gasteiger partial charge is 0.263 e. The number of rotatable bonds is 7. The Morgan fingerprint density at radius 1 is 1.03 bits per heavy atom. The van der Waals surface area contributed by atoms with Gasteiger partial charge in [0.25, 0.3) is 5.56 Å². The van der Waals surface area contributed by atoms with Gasteiger partial charge in [0.05, 0.1) is 11.7 Å². The zero-order valence-corrected chi connectivity index (χ0v) is 21.3. The summed E-state index contributed by atoms with van der Waals surface area (Å²) in [7, 11) is 0. The number of nitrogens with zero attached hydrogens (tertiary/aromatic N) is 2. The van der Waals surface area contributed by atoms with Crippen molar-refractivity contribution in [2.45, 2.75) is 46.6 Å². The van der Waals surface area contributed by atoms with Crippen molar-refractivity contribution in [1.29, 1.82) is 0 Å². The van der Waals surface area contributed by atoms with Crippen molar-refractivity contribution in [2.24, 2.45) is 0 Å². The zero-order valence-electron chi connectivity index (χ0n) is 18.9. The summed E-state index contributed by atoms with van der Waals surface area (Å²) in [6.07, 6.45) is 3.93. The predicted molar refractivity (Wildman–Crippen MR) is 140 cm³/mol. The Kier molecular flexibility index (Phi) is 7.10. The third-order valence-corrected chi connectivity index (χ3v) is 7.55. The van der Waals surface area contributed by atoms with E-state index >= 15 is 0 Å². The molecule has 0 unspecified atom stereocenters. The van der Waals surface area contributed by atoms with Crippen LogP contribution in [0.5, 0.6) is 0 Å². The lowest BCUT2D eigenvalue weighted by atomic mass is 10.0. The molecule has 0 radical (unpaired) electrons. The van der Waals surface area contributed by atoms with E-state index in [0.717, 1.165) is 56.6 Å². The molecule has 0 aliphatic heterocycles. The second-order valence-electron chi connectivity index (χ2n) is 7.83. The van der Waals surface area contributed by atoms with E-state index in [4.69, 9.17) is 0 Å². The summed E-state index contributed by atoms with van der Waals surface area (Å²) in [5.74, 6) is -0.231. The first kappa shape index (κ1) is 23.4. The van der Waals surface area contributed by atoms with Crippen molar-refractivity contribution < 1.29 is 4.79 Å². The Bertz CT molecular complexity index is 1350. The molecule has 0 aliphatic carbocycles. The van der Waals surface area contributed by atoms with Crippen molar-refractivity contribution in [3.05, 3.63) is 79.6 Å². The standard InChI is InChI=1S/C26H26BrN3O2S/c1-4-16-8-7-9-17(5-2)24(16)29-21(31)14-30-15-28-25-23(26(30)32)22(20(6-3)33-25)18-10-12-19(27)13-11-18/h7-13,15H,4-6,14H2,1-3H3,(H,29,31). The molecule has 0 saturated carbocycles. The molecule has 1 N–H and O–H groups in total. The number of amides is 1. The van der Waals surface area contributed by atoms with Crippen molar-refractivity contribution >= 4 is 49.1 Å². The molecule has 33 heavy (non-hydrogen) atoms. The van der Waals surface area contributed by atoms with E-state index in [1.807, 2.05) is 42.5 Å². The van der Waals surface area contributed by atoms with Crippen molar-refractivity contribution in [3.63, 3.8) is 0 Å². The Hall–Kier alpha value is -2.77. The van der Waals surface area contributed by atoms with Gasteiger partial charge >= 0.3 is 0 Å². The second kappa shape index (κ2) is 10.0. The topological polar surface area (TPSA) is 64.0 Å². The minimum atomic E-state index is -0.231. The van der Waals surface area contributed by atoms with Crippen molar-refractivity contribution in [3.8, 4) is 11.1 Å². The summed E-state index contributed by atoms with van der Waals surface area (Å²) in [6.45, 7) is 6.13. The lowest BCUT2D eigenvalue weighted by Gasteiger charge is -2.15. The van der Waals surface area contributed by atoms with Crippen LogP contribution < -0.4 is 10.9 Å². The summed E-state index contributed by atoms with van der Waals surface area (Å²) in [5.41, 5.74) is 4.74. The van der Waals surface area contributed by atoms with Gasteiger partial charge in [-0.2, -0.15) is 0 Å². The van der Waals surface area contributed by atoms with Gasteiger partial charge in [0, 0.05) is 20.6 Å². The highest BCUT2D eigenvalue weighted by molar-refractivity contribution is 9.10. The Morgan fingerprint density at radius 3 is 2.30 bits per heavy atom. The maximum absolute atomic E-state index is 13.5. The van der Waals surface area contributed by atoms with E-state index in [0.29, 0.717) is 10.2 Å². The van der Waals surface area contributed by atoms with Gasteiger partial charge < -0.3 is 5.32 Å². The molecule has 0 atom stereocenters. The van der Waals surface area contributed by atoms with Crippen LogP contribution in [0.15, 0.2) is 58.1 Å². The van der Waals surface area contributed by atoms with Gasteiger partial charge in [-0.15, -0.1) is 11.3 Å². The average Bonchev–Trinajstić information content (AvgIpc) is 3.21. The molecule has 170 valence electrons. The maximum atomic E-state index is 13.5. The zero-order chi connectivity index (χ0) is 23.5. The number of hydrogen-bond donors (Lipinski definition) is 1. The number of thiophene rings is 1. The number of fused-ring (bicyclic) bond motifs is 1. The molecule has 0 spiro atoms. The number of para-hydroxylation sites is 1. The van der Waals surface area contributed by atoms with Gasteiger partial charge in [-0.05, 0) is 48.1 Å². The van der Waals surface area contributed by atoms with Crippen LogP contribution in [0.2, 0.25) is 0 Å². The summed E-state index contributed by atoms with van der Waals surface area (Å²) < 4.78 is 2.39. The molecule has 2 heterocycles. The molecule has 2 aromatic carbocycles. The van der Waals surface area contributed by atoms with Gasteiger partial charge in [0.2, 0.25) is 5.91 Å².